The lowest BCUT2D eigenvalue weighted by atomic mass is 9.85. The van der Waals surface area contributed by atoms with Crippen molar-refractivity contribution in [3.8, 4) is 6.07 Å². The Balaban J connectivity index is 2.24. The molecule has 3 nitrogen and oxygen atoms in total. The summed E-state index contributed by atoms with van der Waals surface area (Å²) in [5, 5.41) is 12.5. The largest absolute Gasteiger partial charge is 0.375 e. The van der Waals surface area contributed by atoms with Crippen molar-refractivity contribution in [3.05, 3.63) is 30.1 Å². The molecule has 1 saturated heterocycles. The highest BCUT2D eigenvalue weighted by molar-refractivity contribution is 5.49. The Morgan fingerprint density at radius 1 is 1.33 bits per heavy atom. The van der Waals surface area contributed by atoms with Gasteiger partial charge in [-0.1, -0.05) is 12.1 Å². The molecule has 0 amide bonds. The highest BCUT2D eigenvalue weighted by Gasteiger charge is 2.39. The van der Waals surface area contributed by atoms with E-state index in [-0.39, 0.29) is 18.0 Å². The summed E-state index contributed by atoms with van der Waals surface area (Å²) in [5.41, 5.74) is -0.375. The fourth-order valence-electron chi connectivity index (χ4n) is 2.60. The predicted octanol–water partition coefficient (Wildman–Crippen LogP) is 3.09. The van der Waals surface area contributed by atoms with Crippen LogP contribution in [0.4, 0.5) is 10.1 Å². The van der Waals surface area contributed by atoms with Crippen LogP contribution in [0.25, 0.3) is 0 Å². The van der Waals surface area contributed by atoms with E-state index in [0.29, 0.717) is 18.5 Å². The second kappa shape index (κ2) is 4.95. The van der Waals surface area contributed by atoms with Crippen molar-refractivity contribution in [1.29, 1.82) is 5.26 Å². The summed E-state index contributed by atoms with van der Waals surface area (Å²) in [7, 11) is 0. The molecule has 1 aromatic rings. The Hall–Kier alpha value is -1.60. The smallest absolute Gasteiger partial charge is 0.146 e. The number of halogens is 1. The number of ether oxygens (including phenoxy) is 1. The minimum atomic E-state index is -0.751. The van der Waals surface area contributed by atoms with Crippen molar-refractivity contribution in [2.45, 2.75) is 44.4 Å². The Morgan fingerprint density at radius 2 is 1.94 bits per heavy atom. The van der Waals surface area contributed by atoms with E-state index in [0.717, 1.165) is 0 Å². The van der Waals surface area contributed by atoms with Crippen molar-refractivity contribution in [3.63, 3.8) is 0 Å². The van der Waals surface area contributed by atoms with E-state index < -0.39 is 5.54 Å². The molecule has 0 spiro atoms. The first-order chi connectivity index (χ1) is 8.54. The fraction of sp³-hybridized carbons (Fsp3) is 0.500. The molecule has 0 saturated carbocycles. The number of hydrogen-bond donors (Lipinski definition) is 1. The van der Waals surface area contributed by atoms with Gasteiger partial charge in [0, 0.05) is 12.8 Å². The molecule has 0 bridgehead atoms. The summed E-state index contributed by atoms with van der Waals surface area (Å²) in [6.45, 7) is 3.87. The average molecular weight is 248 g/mol. The monoisotopic (exact) mass is 248 g/mol. The normalized spacial score (nSPS) is 31.7. The maximum Gasteiger partial charge on any atom is 0.146 e. The van der Waals surface area contributed by atoms with Gasteiger partial charge in [0.05, 0.1) is 24.0 Å². The van der Waals surface area contributed by atoms with E-state index in [1.54, 1.807) is 18.2 Å². The summed E-state index contributed by atoms with van der Waals surface area (Å²) in [6.07, 6.45) is 1.10. The van der Waals surface area contributed by atoms with Crippen LogP contribution in [0.2, 0.25) is 0 Å². The molecule has 1 aromatic carbocycles. The molecular formula is C14H17FN2O. The molecule has 4 heteroatoms. The van der Waals surface area contributed by atoms with Crippen molar-refractivity contribution >= 4 is 5.69 Å². The Morgan fingerprint density at radius 3 is 2.50 bits per heavy atom. The van der Waals surface area contributed by atoms with Crippen LogP contribution in [-0.4, -0.2) is 17.7 Å². The van der Waals surface area contributed by atoms with E-state index in [4.69, 9.17) is 4.74 Å². The molecule has 0 radical (unpaired) electrons. The van der Waals surface area contributed by atoms with Crippen LogP contribution in [0.5, 0.6) is 0 Å². The van der Waals surface area contributed by atoms with Crippen LogP contribution in [0.15, 0.2) is 24.3 Å². The third-order valence-electron chi connectivity index (χ3n) is 3.20. The van der Waals surface area contributed by atoms with E-state index in [1.807, 2.05) is 13.8 Å². The van der Waals surface area contributed by atoms with Crippen molar-refractivity contribution in [2.75, 3.05) is 5.32 Å². The molecule has 1 heterocycles. The van der Waals surface area contributed by atoms with E-state index in [2.05, 4.69) is 11.4 Å². The van der Waals surface area contributed by atoms with E-state index >= 15 is 0 Å². The molecule has 1 aliphatic rings. The summed E-state index contributed by atoms with van der Waals surface area (Å²) in [4.78, 5) is 0. The highest BCUT2D eigenvalue weighted by Crippen LogP contribution is 2.32. The number of nitrogens with one attached hydrogen (secondary N) is 1. The third-order valence-corrected chi connectivity index (χ3v) is 3.20. The summed E-state index contributed by atoms with van der Waals surface area (Å²) in [6, 6.07) is 8.72. The lowest BCUT2D eigenvalue weighted by molar-refractivity contribution is -0.0452. The van der Waals surface area contributed by atoms with Gasteiger partial charge in [0.25, 0.3) is 0 Å². The summed E-state index contributed by atoms with van der Waals surface area (Å²) >= 11 is 0. The number of rotatable bonds is 2. The number of hydrogen-bond acceptors (Lipinski definition) is 3. The molecule has 2 unspecified atom stereocenters. The van der Waals surface area contributed by atoms with Gasteiger partial charge in [-0.3, -0.25) is 0 Å². The molecule has 1 fully saturated rings. The number of benzene rings is 1. The van der Waals surface area contributed by atoms with Crippen LogP contribution in [0.3, 0.4) is 0 Å². The number of anilines is 1. The van der Waals surface area contributed by atoms with Gasteiger partial charge in [0.2, 0.25) is 0 Å². The zero-order chi connectivity index (χ0) is 13.2. The highest BCUT2D eigenvalue weighted by atomic mass is 19.1. The zero-order valence-electron chi connectivity index (χ0n) is 10.6. The first-order valence-electron chi connectivity index (χ1n) is 6.14. The maximum atomic E-state index is 13.6. The average Bonchev–Trinajstić information content (AvgIpc) is 2.31. The topological polar surface area (TPSA) is 45.0 Å². The quantitative estimate of drug-likeness (QED) is 0.874. The van der Waals surface area contributed by atoms with Crippen LogP contribution in [0.1, 0.15) is 26.7 Å². The zero-order valence-corrected chi connectivity index (χ0v) is 10.6. The van der Waals surface area contributed by atoms with Crippen LogP contribution >= 0.6 is 0 Å². The molecule has 1 N–H and O–H groups in total. The molecule has 0 aliphatic carbocycles. The second-order valence-electron chi connectivity index (χ2n) is 4.96. The van der Waals surface area contributed by atoms with Crippen molar-refractivity contribution < 1.29 is 9.13 Å². The molecule has 96 valence electrons. The van der Waals surface area contributed by atoms with Crippen LogP contribution < -0.4 is 5.32 Å². The first kappa shape index (κ1) is 12.8. The predicted molar refractivity (Wildman–Crippen MR) is 67.6 cm³/mol. The first-order valence-corrected chi connectivity index (χ1v) is 6.14. The lowest BCUT2D eigenvalue weighted by Crippen LogP contribution is -2.48. The number of para-hydroxylation sites is 1. The van der Waals surface area contributed by atoms with Gasteiger partial charge in [-0.2, -0.15) is 5.26 Å². The van der Waals surface area contributed by atoms with Gasteiger partial charge < -0.3 is 10.1 Å². The molecular weight excluding hydrogens is 231 g/mol. The molecule has 2 atom stereocenters. The lowest BCUT2D eigenvalue weighted by Gasteiger charge is -2.39. The second-order valence-corrected chi connectivity index (χ2v) is 4.96. The molecule has 2 rings (SSSR count). The van der Waals surface area contributed by atoms with Crippen molar-refractivity contribution in [2.24, 2.45) is 0 Å². The van der Waals surface area contributed by atoms with Gasteiger partial charge in [0.15, 0.2) is 0 Å². The third kappa shape index (κ3) is 2.62. The van der Waals surface area contributed by atoms with Gasteiger partial charge in [-0.25, -0.2) is 4.39 Å². The van der Waals surface area contributed by atoms with Gasteiger partial charge in [-0.15, -0.1) is 0 Å². The Labute approximate surface area is 107 Å². The summed E-state index contributed by atoms with van der Waals surface area (Å²) in [5.74, 6) is -0.334. The summed E-state index contributed by atoms with van der Waals surface area (Å²) < 4.78 is 19.3. The Bertz CT molecular complexity index is 459. The van der Waals surface area contributed by atoms with Gasteiger partial charge >= 0.3 is 0 Å². The minimum Gasteiger partial charge on any atom is -0.375 e. The van der Waals surface area contributed by atoms with Crippen LogP contribution in [-0.2, 0) is 4.74 Å². The van der Waals surface area contributed by atoms with Crippen LogP contribution in [0, 0.1) is 17.1 Å². The van der Waals surface area contributed by atoms with Gasteiger partial charge in [-0.05, 0) is 26.0 Å². The number of nitrogens with zero attached hydrogens (tertiary/aromatic N) is 1. The maximum absolute atomic E-state index is 13.6. The molecule has 18 heavy (non-hydrogen) atoms. The SMILES string of the molecule is CC1CC(C#N)(Nc2ccccc2F)CC(C)O1. The van der Waals surface area contributed by atoms with E-state index in [1.165, 1.54) is 6.07 Å². The van der Waals surface area contributed by atoms with Crippen molar-refractivity contribution in [1.82, 2.24) is 0 Å². The standard InChI is InChI=1S/C14H17FN2O/c1-10-7-14(9-16,8-11(2)18-10)17-13-6-4-3-5-12(13)15/h3-6,10-11,17H,7-8H2,1-2H3. The number of nitriles is 1. The minimum absolute atomic E-state index is 0.00678. The Kier molecular flexibility index (Phi) is 3.53. The van der Waals surface area contributed by atoms with Gasteiger partial charge in [0.1, 0.15) is 11.4 Å². The fourth-order valence-corrected chi connectivity index (χ4v) is 2.60. The molecule has 1 aliphatic heterocycles. The molecule has 0 aromatic heterocycles. The van der Waals surface area contributed by atoms with E-state index in [9.17, 15) is 9.65 Å².